The van der Waals surface area contributed by atoms with Crippen LogP contribution in [-0.4, -0.2) is 77.9 Å². The van der Waals surface area contributed by atoms with Crippen molar-refractivity contribution in [1.29, 1.82) is 0 Å². The van der Waals surface area contributed by atoms with Crippen LogP contribution in [0.2, 0.25) is 0 Å². The Kier molecular flexibility index (Phi) is 12.8. The zero-order valence-corrected chi connectivity index (χ0v) is 26.5. The van der Waals surface area contributed by atoms with E-state index in [9.17, 15) is 37.1 Å². The number of allylic oxidation sites excluding steroid dienone is 1. The molecule has 0 bridgehead atoms. The van der Waals surface area contributed by atoms with Gasteiger partial charge < -0.3 is 34.6 Å². The van der Waals surface area contributed by atoms with Gasteiger partial charge in [0.25, 0.3) is 5.56 Å². The molecule has 3 aromatic rings. The number of nitrogens with zero attached hydrogens (tertiary/aromatic N) is 2. The van der Waals surface area contributed by atoms with E-state index in [1.807, 2.05) is 18.2 Å². The molecule has 0 saturated heterocycles. The maximum atomic E-state index is 13.3. The second-order valence-corrected chi connectivity index (χ2v) is 11.3. The summed E-state index contributed by atoms with van der Waals surface area (Å²) in [4.78, 5) is 66.3. The lowest BCUT2D eigenvalue weighted by atomic mass is 10.0. The SMILES string of the molecule is CC(C)Cc1cccc2cc(Cn3cccc(NC(=O)C(CCC=CC(=O)N(C)C)NC(=O)OCCOC(=O)C(F)(F)F)c3=O)[nH]c12. The number of rotatable bonds is 14. The van der Waals surface area contributed by atoms with Gasteiger partial charge in [0.2, 0.25) is 11.8 Å². The molecule has 47 heavy (non-hydrogen) atoms. The summed E-state index contributed by atoms with van der Waals surface area (Å²) in [6, 6.07) is 9.70. The van der Waals surface area contributed by atoms with Gasteiger partial charge in [-0.3, -0.25) is 14.4 Å². The van der Waals surface area contributed by atoms with Crippen LogP contribution in [0.5, 0.6) is 0 Å². The Morgan fingerprint density at radius 2 is 1.79 bits per heavy atom. The number of H-pyrrole nitrogens is 1. The van der Waals surface area contributed by atoms with E-state index >= 15 is 0 Å². The van der Waals surface area contributed by atoms with Crippen molar-refractivity contribution in [3.05, 3.63) is 76.4 Å². The third-order valence-corrected chi connectivity index (χ3v) is 6.76. The third kappa shape index (κ3) is 11.0. The molecule has 1 unspecified atom stereocenters. The highest BCUT2D eigenvalue weighted by molar-refractivity contribution is 5.96. The zero-order valence-electron chi connectivity index (χ0n) is 26.5. The van der Waals surface area contributed by atoms with Gasteiger partial charge in [-0.25, -0.2) is 9.59 Å². The molecule has 1 atom stereocenters. The first-order chi connectivity index (χ1) is 22.1. The highest BCUT2D eigenvalue weighted by atomic mass is 19.4. The predicted octanol–water partition coefficient (Wildman–Crippen LogP) is 4.14. The van der Waals surface area contributed by atoms with Crippen LogP contribution in [0.15, 0.2) is 59.5 Å². The molecule has 0 aliphatic rings. The summed E-state index contributed by atoms with van der Waals surface area (Å²) in [5.74, 6) is -3.07. The molecule has 0 radical (unpaired) electrons. The lowest BCUT2D eigenvalue weighted by Crippen LogP contribution is -2.45. The molecule has 0 aliphatic carbocycles. The quantitative estimate of drug-likeness (QED) is 0.133. The molecule has 1 aromatic carbocycles. The van der Waals surface area contributed by atoms with Crippen LogP contribution in [-0.2, 0) is 36.8 Å². The second kappa shape index (κ2) is 16.5. The number of anilines is 1. The lowest BCUT2D eigenvalue weighted by molar-refractivity contribution is -0.200. The fourth-order valence-corrected chi connectivity index (χ4v) is 4.53. The average molecular weight is 662 g/mol. The first kappa shape index (κ1) is 36.4. The van der Waals surface area contributed by atoms with Crippen molar-refractivity contribution < 1.29 is 41.8 Å². The number of fused-ring (bicyclic) bond motifs is 1. The fourth-order valence-electron chi connectivity index (χ4n) is 4.53. The topological polar surface area (TPSA) is 152 Å². The van der Waals surface area contributed by atoms with E-state index < -0.39 is 49.0 Å². The number of carbonyl (C=O) groups is 4. The van der Waals surface area contributed by atoms with E-state index in [2.05, 4.69) is 40.3 Å². The molecule has 0 aliphatic heterocycles. The number of carbonyl (C=O) groups excluding carboxylic acids is 4. The molecule has 12 nitrogen and oxygen atoms in total. The van der Waals surface area contributed by atoms with E-state index in [-0.39, 0.29) is 31.0 Å². The molecule has 3 N–H and O–H groups in total. The van der Waals surface area contributed by atoms with Crippen molar-refractivity contribution in [2.45, 2.75) is 51.9 Å². The molecule has 0 saturated carbocycles. The number of alkyl halides is 3. The van der Waals surface area contributed by atoms with Crippen LogP contribution >= 0.6 is 0 Å². The molecule has 0 spiro atoms. The Labute approximate surface area is 268 Å². The molecular formula is C32H38F3N5O7. The molecule has 3 amide bonds. The Morgan fingerprint density at radius 1 is 1.06 bits per heavy atom. The van der Waals surface area contributed by atoms with E-state index in [0.29, 0.717) is 5.92 Å². The normalized spacial score (nSPS) is 12.3. The van der Waals surface area contributed by atoms with Crippen molar-refractivity contribution in [3.63, 3.8) is 0 Å². The highest BCUT2D eigenvalue weighted by Gasteiger charge is 2.40. The summed E-state index contributed by atoms with van der Waals surface area (Å²) in [7, 11) is 3.11. The number of likely N-dealkylation sites (N-methyl/N-ethyl adjacent to an activating group) is 1. The number of esters is 1. The van der Waals surface area contributed by atoms with Gasteiger partial charge in [-0.2, -0.15) is 13.2 Å². The highest BCUT2D eigenvalue weighted by Crippen LogP contribution is 2.22. The smallest absolute Gasteiger partial charge is 0.455 e. The minimum absolute atomic E-state index is 0.0317. The number of para-hydroxylation sites is 1. The van der Waals surface area contributed by atoms with Gasteiger partial charge in [-0.05, 0) is 60.4 Å². The van der Waals surface area contributed by atoms with E-state index in [1.165, 1.54) is 27.7 Å². The Hall–Kier alpha value is -5.08. The number of amides is 3. The summed E-state index contributed by atoms with van der Waals surface area (Å²) in [5, 5.41) is 5.82. The standard InChI is InChI=1S/C32H38F3N5O7/c1-20(2)17-21-9-7-10-22-18-23(36-27(21)22)19-40-14-8-12-25(29(40)43)37-28(42)24(11-5-6-13-26(41)39(3)4)38-31(45)47-16-15-46-30(44)32(33,34)35/h6-10,12-14,18,20,24,36H,5,11,15-17,19H2,1-4H3,(H,37,42)(H,38,45). The number of hydrogen-bond acceptors (Lipinski definition) is 7. The van der Waals surface area contributed by atoms with E-state index in [1.54, 1.807) is 26.4 Å². The zero-order chi connectivity index (χ0) is 34.7. The molecule has 2 aromatic heterocycles. The number of pyridine rings is 1. The van der Waals surface area contributed by atoms with Gasteiger partial charge >= 0.3 is 18.2 Å². The Morgan fingerprint density at radius 3 is 2.47 bits per heavy atom. The minimum Gasteiger partial charge on any atom is -0.455 e. The molecule has 254 valence electrons. The van der Waals surface area contributed by atoms with Crippen LogP contribution in [0.3, 0.4) is 0 Å². The van der Waals surface area contributed by atoms with E-state index in [4.69, 9.17) is 4.74 Å². The summed E-state index contributed by atoms with van der Waals surface area (Å²) >= 11 is 0. The van der Waals surface area contributed by atoms with E-state index in [0.717, 1.165) is 28.6 Å². The third-order valence-electron chi connectivity index (χ3n) is 6.76. The predicted molar refractivity (Wildman–Crippen MR) is 168 cm³/mol. The lowest BCUT2D eigenvalue weighted by Gasteiger charge is -2.18. The maximum Gasteiger partial charge on any atom is 0.490 e. The summed E-state index contributed by atoms with van der Waals surface area (Å²) < 4.78 is 47.0. The number of aromatic amines is 1. The van der Waals surface area contributed by atoms with Gasteiger partial charge in [0.15, 0.2) is 0 Å². The van der Waals surface area contributed by atoms with Gasteiger partial charge in [0.1, 0.15) is 24.9 Å². The van der Waals surface area contributed by atoms with Gasteiger partial charge in [0, 0.05) is 31.5 Å². The monoisotopic (exact) mass is 661 g/mol. The van der Waals surface area contributed by atoms with Crippen LogP contribution in [0, 0.1) is 5.92 Å². The molecule has 0 fully saturated rings. The summed E-state index contributed by atoms with van der Waals surface area (Å²) in [6.45, 7) is 2.88. The van der Waals surface area contributed by atoms with Crippen molar-refractivity contribution in [1.82, 2.24) is 19.8 Å². The first-order valence-corrected chi connectivity index (χ1v) is 14.8. The van der Waals surface area contributed by atoms with Crippen LogP contribution in [0.25, 0.3) is 10.9 Å². The minimum atomic E-state index is -5.20. The molecule has 15 heteroatoms. The number of alkyl carbamates (subject to hydrolysis) is 1. The largest absolute Gasteiger partial charge is 0.490 e. The number of nitrogens with one attached hydrogen (secondary N) is 3. The molecule has 2 heterocycles. The Bertz CT molecular complexity index is 1660. The van der Waals surface area contributed by atoms with Crippen molar-refractivity contribution in [2.75, 3.05) is 32.6 Å². The number of benzene rings is 1. The first-order valence-electron chi connectivity index (χ1n) is 14.8. The van der Waals surface area contributed by atoms with Gasteiger partial charge in [0.05, 0.1) is 6.54 Å². The van der Waals surface area contributed by atoms with Gasteiger partial charge in [-0.15, -0.1) is 0 Å². The van der Waals surface area contributed by atoms with Crippen molar-refractivity contribution in [3.8, 4) is 0 Å². The maximum absolute atomic E-state index is 13.3. The van der Waals surface area contributed by atoms with Crippen LogP contribution < -0.4 is 16.2 Å². The van der Waals surface area contributed by atoms with Gasteiger partial charge in [-0.1, -0.05) is 38.1 Å². The second-order valence-electron chi connectivity index (χ2n) is 11.3. The molecule has 3 rings (SSSR count). The Balaban J connectivity index is 1.71. The fraction of sp³-hybridized carbons (Fsp3) is 0.406. The summed E-state index contributed by atoms with van der Waals surface area (Å²) in [5.41, 5.74) is 2.37. The van der Waals surface area contributed by atoms with Crippen LogP contribution in [0.4, 0.5) is 23.7 Å². The van der Waals surface area contributed by atoms with Crippen LogP contribution in [0.1, 0.15) is 37.9 Å². The summed E-state index contributed by atoms with van der Waals surface area (Å²) in [6.07, 6.45) is -1.02. The number of aromatic nitrogens is 2. The number of ether oxygens (including phenoxy) is 2. The number of hydrogen-bond donors (Lipinski definition) is 3. The van der Waals surface area contributed by atoms with Crippen molar-refractivity contribution >= 4 is 40.5 Å². The average Bonchev–Trinajstić information content (AvgIpc) is 3.41. The number of halogens is 3. The molecular weight excluding hydrogens is 623 g/mol. The van der Waals surface area contributed by atoms with Crippen molar-refractivity contribution in [2.24, 2.45) is 5.92 Å².